The number of hydrogen-bond acceptors (Lipinski definition) is 4. The summed E-state index contributed by atoms with van der Waals surface area (Å²) in [5.41, 5.74) is 4.03. The molecule has 1 atom stereocenters. The average molecular weight is 395 g/mol. The van der Waals surface area contributed by atoms with Gasteiger partial charge >= 0.3 is 0 Å². The number of likely N-dealkylation sites (tertiary alicyclic amines) is 1. The molecule has 0 aliphatic carbocycles. The van der Waals surface area contributed by atoms with Crippen LogP contribution >= 0.6 is 0 Å². The molecular formula is C24H30N2O3. The Balaban J connectivity index is 1.55. The van der Waals surface area contributed by atoms with Crippen molar-refractivity contribution in [3.05, 3.63) is 58.2 Å². The van der Waals surface area contributed by atoms with Gasteiger partial charge in [-0.25, -0.2) is 0 Å². The van der Waals surface area contributed by atoms with Gasteiger partial charge in [0, 0.05) is 17.5 Å². The van der Waals surface area contributed by atoms with Crippen molar-refractivity contribution in [2.75, 3.05) is 19.6 Å². The number of amides is 1. The van der Waals surface area contributed by atoms with Gasteiger partial charge < -0.3 is 14.2 Å². The molecule has 5 nitrogen and oxygen atoms in total. The first-order valence-electron chi connectivity index (χ1n) is 10.5. The lowest BCUT2D eigenvalue weighted by molar-refractivity contribution is 0.0888. The van der Waals surface area contributed by atoms with Gasteiger partial charge in [-0.3, -0.25) is 9.69 Å². The molecule has 1 aromatic carbocycles. The number of nitrogens with zero attached hydrogens (tertiary/aromatic N) is 1. The van der Waals surface area contributed by atoms with Crippen LogP contribution in [0.5, 0.6) is 0 Å². The third kappa shape index (κ3) is 3.97. The van der Waals surface area contributed by atoms with E-state index in [1.54, 1.807) is 0 Å². The van der Waals surface area contributed by atoms with E-state index < -0.39 is 0 Å². The normalized spacial score (nSPS) is 16.3. The van der Waals surface area contributed by atoms with E-state index in [-0.39, 0.29) is 11.9 Å². The molecule has 0 unspecified atom stereocenters. The Labute approximate surface area is 172 Å². The van der Waals surface area contributed by atoms with Gasteiger partial charge in [-0.15, -0.1) is 0 Å². The highest BCUT2D eigenvalue weighted by Crippen LogP contribution is 2.29. The predicted octanol–water partition coefficient (Wildman–Crippen LogP) is 5.22. The van der Waals surface area contributed by atoms with Crippen LogP contribution in [0.3, 0.4) is 0 Å². The molecule has 1 fully saturated rings. The first kappa shape index (κ1) is 19.8. The van der Waals surface area contributed by atoms with Crippen molar-refractivity contribution in [2.45, 2.75) is 53.0 Å². The number of rotatable bonds is 5. The first-order valence-corrected chi connectivity index (χ1v) is 10.5. The van der Waals surface area contributed by atoms with Crippen LogP contribution in [0.4, 0.5) is 0 Å². The van der Waals surface area contributed by atoms with Crippen molar-refractivity contribution < 1.29 is 13.6 Å². The lowest BCUT2D eigenvalue weighted by atomic mass is 10.0. The number of piperidine rings is 1. The lowest BCUT2D eigenvalue weighted by Crippen LogP contribution is -2.40. The van der Waals surface area contributed by atoms with E-state index in [0.29, 0.717) is 12.3 Å². The van der Waals surface area contributed by atoms with Gasteiger partial charge in [0.1, 0.15) is 17.1 Å². The molecule has 4 rings (SSSR count). The summed E-state index contributed by atoms with van der Waals surface area (Å²) in [5, 5.41) is 4.11. The van der Waals surface area contributed by atoms with Crippen molar-refractivity contribution in [1.29, 1.82) is 0 Å². The molecule has 5 heteroatoms. The molecule has 3 heterocycles. The van der Waals surface area contributed by atoms with E-state index in [2.05, 4.69) is 30.1 Å². The van der Waals surface area contributed by atoms with Crippen LogP contribution < -0.4 is 5.32 Å². The highest BCUT2D eigenvalue weighted by Gasteiger charge is 2.26. The summed E-state index contributed by atoms with van der Waals surface area (Å²) in [6, 6.07) is 8.17. The van der Waals surface area contributed by atoms with E-state index >= 15 is 0 Å². The summed E-state index contributed by atoms with van der Waals surface area (Å²) < 4.78 is 11.9. The Kier molecular flexibility index (Phi) is 5.50. The van der Waals surface area contributed by atoms with Crippen LogP contribution in [0.25, 0.3) is 11.0 Å². The molecule has 1 N–H and O–H groups in total. The second-order valence-corrected chi connectivity index (χ2v) is 8.26. The molecule has 0 spiro atoms. The van der Waals surface area contributed by atoms with Crippen molar-refractivity contribution in [2.24, 2.45) is 0 Å². The summed E-state index contributed by atoms with van der Waals surface area (Å²) in [4.78, 5) is 15.4. The number of aryl methyl sites for hydroxylation is 4. The second kappa shape index (κ2) is 8.07. The Hall–Kier alpha value is -2.53. The Bertz CT molecular complexity index is 1020. The highest BCUT2D eigenvalue weighted by molar-refractivity contribution is 5.99. The van der Waals surface area contributed by atoms with Gasteiger partial charge in [0.25, 0.3) is 5.91 Å². The Morgan fingerprint density at radius 2 is 1.76 bits per heavy atom. The zero-order valence-corrected chi connectivity index (χ0v) is 17.8. The molecule has 0 bridgehead atoms. The topological polar surface area (TPSA) is 58.6 Å². The van der Waals surface area contributed by atoms with Gasteiger partial charge in [-0.05, 0) is 89.0 Å². The Morgan fingerprint density at radius 1 is 1.03 bits per heavy atom. The van der Waals surface area contributed by atoms with Gasteiger partial charge in [0.05, 0.1) is 6.04 Å². The number of hydrogen-bond donors (Lipinski definition) is 1. The number of furan rings is 2. The number of fused-ring (bicyclic) bond motifs is 1. The highest BCUT2D eigenvalue weighted by atomic mass is 16.3. The Morgan fingerprint density at radius 3 is 2.45 bits per heavy atom. The zero-order chi connectivity index (χ0) is 20.5. The van der Waals surface area contributed by atoms with Crippen LogP contribution in [0.2, 0.25) is 0 Å². The summed E-state index contributed by atoms with van der Waals surface area (Å²) in [6.07, 6.45) is 3.64. The van der Waals surface area contributed by atoms with Gasteiger partial charge in [-0.1, -0.05) is 6.42 Å². The molecule has 29 heavy (non-hydrogen) atoms. The fraction of sp³-hybridized carbons (Fsp3) is 0.458. The van der Waals surface area contributed by atoms with Crippen LogP contribution in [-0.2, 0) is 0 Å². The lowest BCUT2D eigenvalue weighted by Gasteiger charge is -2.33. The molecule has 0 saturated carbocycles. The third-order valence-corrected chi connectivity index (χ3v) is 6.14. The molecule has 1 aliphatic rings. The number of carbonyl (C=O) groups is 1. The van der Waals surface area contributed by atoms with E-state index in [1.807, 2.05) is 32.0 Å². The van der Waals surface area contributed by atoms with Gasteiger partial charge in [0.15, 0.2) is 5.76 Å². The van der Waals surface area contributed by atoms with E-state index in [4.69, 9.17) is 8.83 Å². The summed E-state index contributed by atoms with van der Waals surface area (Å²) >= 11 is 0. The smallest absolute Gasteiger partial charge is 0.287 e. The monoisotopic (exact) mass is 394 g/mol. The quantitative estimate of drug-likeness (QED) is 0.645. The fourth-order valence-electron chi connectivity index (χ4n) is 4.23. The largest absolute Gasteiger partial charge is 0.465 e. The van der Waals surface area contributed by atoms with E-state index in [0.717, 1.165) is 46.7 Å². The second-order valence-electron chi connectivity index (χ2n) is 8.26. The number of nitrogens with one attached hydrogen (secondary N) is 1. The van der Waals surface area contributed by atoms with Crippen LogP contribution in [0.15, 0.2) is 33.1 Å². The van der Waals surface area contributed by atoms with Crippen molar-refractivity contribution >= 4 is 16.9 Å². The minimum absolute atomic E-state index is 0.0436. The maximum Gasteiger partial charge on any atom is 0.287 e. The molecular weight excluding hydrogens is 364 g/mol. The SMILES string of the molecule is Cc1ccc([C@H](CNC(=O)c2oc3cc(C)c(C)cc3c2C)N2CCCCC2)o1. The maximum atomic E-state index is 13.0. The van der Waals surface area contributed by atoms with Crippen molar-refractivity contribution in [3.63, 3.8) is 0 Å². The summed E-state index contributed by atoms with van der Waals surface area (Å²) in [6.45, 7) is 10.6. The van der Waals surface area contributed by atoms with E-state index in [9.17, 15) is 4.79 Å². The summed E-state index contributed by atoms with van der Waals surface area (Å²) in [5.74, 6) is 2.04. The van der Waals surface area contributed by atoms with Crippen LogP contribution in [0.1, 0.15) is 64.1 Å². The minimum atomic E-state index is -0.167. The molecule has 1 saturated heterocycles. The molecule has 1 aliphatic heterocycles. The number of benzene rings is 1. The van der Waals surface area contributed by atoms with Crippen LogP contribution in [-0.4, -0.2) is 30.4 Å². The fourth-order valence-corrected chi connectivity index (χ4v) is 4.23. The van der Waals surface area contributed by atoms with Gasteiger partial charge in [-0.2, -0.15) is 0 Å². The van der Waals surface area contributed by atoms with Crippen molar-refractivity contribution in [3.8, 4) is 0 Å². The zero-order valence-electron chi connectivity index (χ0n) is 17.8. The van der Waals surface area contributed by atoms with Gasteiger partial charge in [0.2, 0.25) is 0 Å². The predicted molar refractivity (Wildman–Crippen MR) is 114 cm³/mol. The van der Waals surface area contributed by atoms with E-state index in [1.165, 1.54) is 24.8 Å². The molecule has 0 radical (unpaired) electrons. The van der Waals surface area contributed by atoms with Crippen molar-refractivity contribution in [1.82, 2.24) is 10.2 Å². The first-order chi connectivity index (χ1) is 13.9. The summed E-state index contributed by atoms with van der Waals surface area (Å²) in [7, 11) is 0. The molecule has 154 valence electrons. The minimum Gasteiger partial charge on any atom is -0.465 e. The maximum absolute atomic E-state index is 13.0. The molecule has 2 aromatic heterocycles. The van der Waals surface area contributed by atoms with Crippen LogP contribution in [0, 0.1) is 27.7 Å². The third-order valence-electron chi connectivity index (χ3n) is 6.14. The molecule has 3 aromatic rings. The standard InChI is InChI=1S/C24H30N2O3/c1-15-12-19-18(4)23(29-22(19)13-16(15)2)24(27)25-14-20(21-9-8-17(3)28-21)26-10-6-5-7-11-26/h8-9,12-13,20H,5-7,10-11,14H2,1-4H3,(H,25,27)/t20-/m0/s1. The number of carbonyl (C=O) groups excluding carboxylic acids is 1. The molecule has 1 amide bonds. The average Bonchev–Trinajstić information content (AvgIpc) is 3.27.